The predicted octanol–water partition coefficient (Wildman–Crippen LogP) is 0.591. The van der Waals surface area contributed by atoms with Gasteiger partial charge in [-0.05, 0) is 31.6 Å². The molecule has 4 heteroatoms. The maximum atomic E-state index is 12.4. The fourth-order valence-electron chi connectivity index (χ4n) is 3.10. The first kappa shape index (κ1) is 12.8. The van der Waals surface area contributed by atoms with Crippen molar-refractivity contribution in [2.45, 2.75) is 38.6 Å². The summed E-state index contributed by atoms with van der Waals surface area (Å²) in [6, 6.07) is 0.0341. The molecule has 0 bridgehead atoms. The van der Waals surface area contributed by atoms with E-state index in [1.165, 1.54) is 0 Å². The Labute approximate surface area is 103 Å². The Morgan fingerprint density at radius 3 is 2.82 bits per heavy atom. The van der Waals surface area contributed by atoms with E-state index >= 15 is 0 Å². The zero-order valence-electron chi connectivity index (χ0n) is 10.6. The minimum atomic E-state index is 0.0104. The van der Waals surface area contributed by atoms with Crippen LogP contribution in [0.1, 0.15) is 32.6 Å². The Morgan fingerprint density at radius 1 is 1.41 bits per heavy atom. The molecule has 1 saturated carbocycles. The summed E-state index contributed by atoms with van der Waals surface area (Å²) in [4.78, 5) is 14.3. The number of amides is 1. The number of nitrogens with two attached hydrogens (primary N) is 1. The fourth-order valence-corrected chi connectivity index (χ4v) is 3.10. The first-order valence-corrected chi connectivity index (χ1v) is 6.77. The number of nitrogens with zero attached hydrogens (tertiary/aromatic N) is 1. The van der Waals surface area contributed by atoms with Crippen molar-refractivity contribution in [3.63, 3.8) is 0 Å². The highest BCUT2D eigenvalue weighted by atomic mass is 16.3. The number of aliphatic hydroxyl groups excluding tert-OH is 1. The highest BCUT2D eigenvalue weighted by Gasteiger charge is 2.36. The zero-order valence-corrected chi connectivity index (χ0v) is 10.6. The van der Waals surface area contributed by atoms with Crippen molar-refractivity contribution < 1.29 is 9.90 Å². The number of carbonyl (C=O) groups excluding carboxylic acids is 1. The van der Waals surface area contributed by atoms with Crippen LogP contribution in [0.15, 0.2) is 0 Å². The van der Waals surface area contributed by atoms with Crippen molar-refractivity contribution in [2.24, 2.45) is 23.5 Å². The lowest BCUT2D eigenvalue weighted by atomic mass is 9.78. The van der Waals surface area contributed by atoms with Gasteiger partial charge in [0.05, 0.1) is 5.92 Å². The molecule has 2 rings (SSSR count). The van der Waals surface area contributed by atoms with E-state index in [2.05, 4.69) is 6.92 Å². The van der Waals surface area contributed by atoms with Crippen LogP contribution >= 0.6 is 0 Å². The van der Waals surface area contributed by atoms with E-state index in [0.29, 0.717) is 12.5 Å². The second kappa shape index (κ2) is 5.36. The first-order chi connectivity index (χ1) is 8.11. The van der Waals surface area contributed by atoms with Crippen LogP contribution in [-0.4, -0.2) is 41.7 Å². The zero-order chi connectivity index (χ0) is 12.4. The van der Waals surface area contributed by atoms with Gasteiger partial charge in [-0.15, -0.1) is 0 Å². The smallest absolute Gasteiger partial charge is 0.227 e. The Kier molecular flexibility index (Phi) is 4.05. The van der Waals surface area contributed by atoms with Gasteiger partial charge in [0.25, 0.3) is 0 Å². The molecule has 2 fully saturated rings. The summed E-state index contributed by atoms with van der Waals surface area (Å²) in [5.74, 6) is 1.12. The molecular formula is C13H24N2O2. The molecule has 0 aromatic heterocycles. The van der Waals surface area contributed by atoms with E-state index in [1.54, 1.807) is 0 Å². The topological polar surface area (TPSA) is 66.6 Å². The van der Waals surface area contributed by atoms with Gasteiger partial charge in [-0.25, -0.2) is 0 Å². The van der Waals surface area contributed by atoms with E-state index in [4.69, 9.17) is 10.8 Å². The van der Waals surface area contributed by atoms with Crippen molar-refractivity contribution in [3.05, 3.63) is 0 Å². The molecule has 1 aliphatic carbocycles. The minimum absolute atomic E-state index is 0.0104. The largest absolute Gasteiger partial charge is 0.396 e. The Balaban J connectivity index is 1.94. The van der Waals surface area contributed by atoms with E-state index in [1.807, 2.05) is 4.90 Å². The molecule has 1 amide bonds. The van der Waals surface area contributed by atoms with Crippen LogP contribution in [0.4, 0.5) is 0 Å². The molecule has 0 aromatic rings. The molecular weight excluding hydrogens is 216 g/mol. The van der Waals surface area contributed by atoms with E-state index in [0.717, 1.165) is 32.2 Å². The first-order valence-electron chi connectivity index (χ1n) is 6.77. The van der Waals surface area contributed by atoms with Crippen molar-refractivity contribution in [2.75, 3.05) is 19.7 Å². The number of hydrogen-bond acceptors (Lipinski definition) is 3. The third kappa shape index (κ3) is 2.80. The van der Waals surface area contributed by atoms with E-state index < -0.39 is 0 Å². The van der Waals surface area contributed by atoms with Crippen LogP contribution in [-0.2, 0) is 4.79 Å². The number of hydrogen-bond donors (Lipinski definition) is 2. The number of rotatable bonds is 2. The summed E-state index contributed by atoms with van der Waals surface area (Å²) in [5, 5.41) is 9.11. The summed E-state index contributed by atoms with van der Waals surface area (Å²) >= 11 is 0. The second-order valence-corrected chi connectivity index (χ2v) is 5.81. The predicted molar refractivity (Wildman–Crippen MR) is 66.3 cm³/mol. The molecule has 0 radical (unpaired) electrons. The van der Waals surface area contributed by atoms with Gasteiger partial charge in [-0.2, -0.15) is 0 Å². The second-order valence-electron chi connectivity index (χ2n) is 5.81. The van der Waals surface area contributed by atoms with Crippen LogP contribution in [0.25, 0.3) is 0 Å². The SMILES string of the molecule is CC1CCC(N)C(C(=O)N2CCC(CO)C2)C1. The lowest BCUT2D eigenvalue weighted by Gasteiger charge is -2.34. The normalized spacial score (nSPS) is 38.4. The van der Waals surface area contributed by atoms with Crippen molar-refractivity contribution >= 4 is 5.91 Å². The van der Waals surface area contributed by atoms with Crippen LogP contribution in [0.5, 0.6) is 0 Å². The van der Waals surface area contributed by atoms with Gasteiger partial charge in [0.1, 0.15) is 0 Å². The molecule has 4 nitrogen and oxygen atoms in total. The van der Waals surface area contributed by atoms with Crippen molar-refractivity contribution in [3.8, 4) is 0 Å². The molecule has 3 N–H and O–H groups in total. The Hall–Kier alpha value is -0.610. The van der Waals surface area contributed by atoms with Crippen LogP contribution in [0.3, 0.4) is 0 Å². The molecule has 17 heavy (non-hydrogen) atoms. The monoisotopic (exact) mass is 240 g/mol. The summed E-state index contributed by atoms with van der Waals surface area (Å²) in [6.07, 6.45) is 3.97. The molecule has 2 aliphatic rings. The molecule has 4 unspecified atom stereocenters. The number of aliphatic hydroxyl groups is 1. The number of likely N-dealkylation sites (tertiary alicyclic amines) is 1. The summed E-state index contributed by atoms with van der Waals surface area (Å²) in [6.45, 7) is 3.90. The van der Waals surface area contributed by atoms with Gasteiger partial charge in [0, 0.05) is 31.7 Å². The highest BCUT2D eigenvalue weighted by molar-refractivity contribution is 5.80. The lowest BCUT2D eigenvalue weighted by Crippen LogP contribution is -2.46. The lowest BCUT2D eigenvalue weighted by molar-refractivity contribution is -0.136. The molecule has 4 atom stereocenters. The van der Waals surface area contributed by atoms with E-state index in [9.17, 15) is 4.79 Å². The van der Waals surface area contributed by atoms with Crippen molar-refractivity contribution in [1.29, 1.82) is 0 Å². The summed E-state index contributed by atoms with van der Waals surface area (Å²) in [7, 11) is 0. The fraction of sp³-hybridized carbons (Fsp3) is 0.923. The summed E-state index contributed by atoms with van der Waals surface area (Å²) in [5.41, 5.74) is 6.08. The molecule has 1 saturated heterocycles. The summed E-state index contributed by atoms with van der Waals surface area (Å²) < 4.78 is 0. The molecule has 1 heterocycles. The average molecular weight is 240 g/mol. The van der Waals surface area contributed by atoms with Gasteiger partial charge in [0.2, 0.25) is 5.91 Å². The van der Waals surface area contributed by atoms with Gasteiger partial charge < -0.3 is 15.7 Å². The third-order valence-corrected chi connectivity index (χ3v) is 4.34. The maximum absolute atomic E-state index is 12.4. The van der Waals surface area contributed by atoms with Gasteiger partial charge in [0.15, 0.2) is 0 Å². The van der Waals surface area contributed by atoms with Gasteiger partial charge >= 0.3 is 0 Å². The molecule has 0 spiro atoms. The van der Waals surface area contributed by atoms with Crippen LogP contribution in [0.2, 0.25) is 0 Å². The Morgan fingerprint density at radius 2 is 2.18 bits per heavy atom. The quantitative estimate of drug-likeness (QED) is 0.742. The Bertz CT molecular complexity index is 283. The minimum Gasteiger partial charge on any atom is -0.396 e. The molecule has 0 aromatic carbocycles. The van der Waals surface area contributed by atoms with Gasteiger partial charge in [-0.1, -0.05) is 6.92 Å². The maximum Gasteiger partial charge on any atom is 0.227 e. The number of carbonyl (C=O) groups is 1. The van der Waals surface area contributed by atoms with Gasteiger partial charge in [-0.3, -0.25) is 4.79 Å². The van der Waals surface area contributed by atoms with Crippen molar-refractivity contribution in [1.82, 2.24) is 4.90 Å². The standard InChI is InChI=1S/C13H24N2O2/c1-9-2-3-12(14)11(6-9)13(17)15-5-4-10(7-15)8-16/h9-12,16H,2-8,14H2,1H3. The highest BCUT2D eigenvalue weighted by Crippen LogP contribution is 2.30. The van der Waals surface area contributed by atoms with Crippen LogP contribution < -0.4 is 5.73 Å². The third-order valence-electron chi connectivity index (χ3n) is 4.34. The van der Waals surface area contributed by atoms with E-state index in [-0.39, 0.29) is 30.4 Å². The molecule has 98 valence electrons. The molecule has 1 aliphatic heterocycles. The average Bonchev–Trinajstić information content (AvgIpc) is 2.80. The van der Waals surface area contributed by atoms with Crippen LogP contribution in [0, 0.1) is 17.8 Å².